The van der Waals surface area contributed by atoms with E-state index in [0.717, 1.165) is 0 Å². The number of rotatable bonds is 5. The summed E-state index contributed by atoms with van der Waals surface area (Å²) in [5, 5.41) is 2.72. The van der Waals surface area contributed by atoms with Gasteiger partial charge in [0.25, 0.3) is 11.5 Å². The molecule has 2 heterocycles. The van der Waals surface area contributed by atoms with Crippen LogP contribution in [-0.4, -0.2) is 40.3 Å². The molecule has 0 unspecified atom stereocenters. The predicted molar refractivity (Wildman–Crippen MR) is 93.8 cm³/mol. The first-order chi connectivity index (χ1) is 12.5. The molecule has 1 aliphatic rings. The molecule has 2 aromatic rings. The maximum Gasteiger partial charge on any atom is 0.256 e. The Morgan fingerprint density at radius 2 is 2.15 bits per heavy atom. The molecule has 0 bridgehead atoms. The van der Waals surface area contributed by atoms with E-state index < -0.39 is 0 Å². The molecule has 8 heteroatoms. The molecule has 1 aromatic heterocycles. The first kappa shape index (κ1) is 17.7. The Morgan fingerprint density at radius 1 is 1.35 bits per heavy atom. The van der Waals surface area contributed by atoms with E-state index in [1.54, 1.807) is 36.1 Å². The van der Waals surface area contributed by atoms with Crippen molar-refractivity contribution in [2.45, 2.75) is 26.4 Å². The number of H-pyrrole nitrogens is 1. The Labute approximate surface area is 150 Å². The van der Waals surface area contributed by atoms with Crippen molar-refractivity contribution in [2.24, 2.45) is 0 Å². The number of amides is 2. The predicted octanol–water partition coefficient (Wildman–Crippen LogP) is 0.749. The third-order valence-corrected chi connectivity index (χ3v) is 4.22. The normalized spacial score (nSPS) is 12.6. The number of aromatic nitrogens is 2. The van der Waals surface area contributed by atoms with Gasteiger partial charge < -0.3 is 19.9 Å². The van der Waals surface area contributed by atoms with Crippen LogP contribution >= 0.6 is 0 Å². The Balaban J connectivity index is 1.53. The van der Waals surface area contributed by atoms with Crippen molar-refractivity contribution in [3.63, 3.8) is 0 Å². The number of nitrogens with one attached hydrogen (secondary N) is 2. The van der Waals surface area contributed by atoms with Gasteiger partial charge in [-0.15, -0.1) is 0 Å². The van der Waals surface area contributed by atoms with Gasteiger partial charge in [0.2, 0.25) is 5.91 Å². The summed E-state index contributed by atoms with van der Waals surface area (Å²) in [5.74, 6) is 0.728. The summed E-state index contributed by atoms with van der Waals surface area (Å²) in [6.07, 6.45) is 0.153. The molecular weight excluding hydrogens is 336 g/mol. The van der Waals surface area contributed by atoms with Crippen LogP contribution in [0.5, 0.6) is 5.75 Å². The molecule has 8 nitrogen and oxygen atoms in total. The third kappa shape index (κ3) is 3.74. The standard InChI is InChI=1S/C18H20N4O4/c1-11-20-15-10-22(9-14(15)18(25)21-11)16(23)6-7-19-17(24)12-4-3-5-13(8-12)26-2/h3-5,8H,6-7,9-10H2,1-2H3,(H,19,24)(H,20,21,25). The topological polar surface area (TPSA) is 104 Å². The van der Waals surface area contributed by atoms with E-state index in [2.05, 4.69) is 15.3 Å². The average Bonchev–Trinajstić information content (AvgIpc) is 3.06. The summed E-state index contributed by atoms with van der Waals surface area (Å²) in [6, 6.07) is 6.79. The molecule has 136 valence electrons. The van der Waals surface area contributed by atoms with E-state index in [1.165, 1.54) is 7.11 Å². The number of hydrogen-bond acceptors (Lipinski definition) is 5. The number of benzene rings is 1. The van der Waals surface area contributed by atoms with Gasteiger partial charge in [-0.2, -0.15) is 0 Å². The van der Waals surface area contributed by atoms with Crippen molar-refractivity contribution in [3.05, 3.63) is 57.3 Å². The molecule has 0 atom stereocenters. The summed E-state index contributed by atoms with van der Waals surface area (Å²) in [5.41, 5.74) is 1.44. The average molecular weight is 356 g/mol. The lowest BCUT2D eigenvalue weighted by molar-refractivity contribution is -0.131. The van der Waals surface area contributed by atoms with Gasteiger partial charge in [-0.3, -0.25) is 14.4 Å². The first-order valence-corrected chi connectivity index (χ1v) is 8.26. The molecular formula is C18H20N4O4. The van der Waals surface area contributed by atoms with Gasteiger partial charge in [-0.25, -0.2) is 4.98 Å². The number of fused-ring (bicyclic) bond motifs is 1. The van der Waals surface area contributed by atoms with Crippen molar-refractivity contribution in [3.8, 4) is 5.75 Å². The van der Waals surface area contributed by atoms with E-state index in [0.29, 0.717) is 34.9 Å². The molecule has 0 spiro atoms. The highest BCUT2D eigenvalue weighted by Crippen LogP contribution is 2.18. The summed E-state index contributed by atoms with van der Waals surface area (Å²) in [7, 11) is 1.53. The Bertz CT molecular complexity index is 906. The summed E-state index contributed by atoms with van der Waals surface area (Å²) >= 11 is 0. The highest BCUT2D eigenvalue weighted by Gasteiger charge is 2.26. The van der Waals surface area contributed by atoms with E-state index in [4.69, 9.17) is 4.74 Å². The van der Waals surface area contributed by atoms with E-state index in [9.17, 15) is 14.4 Å². The minimum absolute atomic E-state index is 0.133. The minimum atomic E-state index is -0.268. The molecule has 26 heavy (non-hydrogen) atoms. The summed E-state index contributed by atoms with van der Waals surface area (Å²) in [6.45, 7) is 2.49. The van der Waals surface area contributed by atoms with Crippen molar-refractivity contribution in [1.82, 2.24) is 20.2 Å². The van der Waals surface area contributed by atoms with Crippen molar-refractivity contribution >= 4 is 11.8 Å². The van der Waals surface area contributed by atoms with Crippen LogP contribution in [0.1, 0.15) is 33.9 Å². The number of nitrogens with zero attached hydrogens (tertiary/aromatic N) is 2. The number of ether oxygens (including phenoxy) is 1. The van der Waals surface area contributed by atoms with E-state index >= 15 is 0 Å². The van der Waals surface area contributed by atoms with Crippen LogP contribution in [0.2, 0.25) is 0 Å². The SMILES string of the molecule is COc1cccc(C(=O)NCCC(=O)N2Cc3nc(C)[nH]c(=O)c3C2)c1. The van der Waals surface area contributed by atoms with Gasteiger partial charge >= 0.3 is 0 Å². The molecule has 1 aromatic carbocycles. The Kier molecular flexibility index (Phi) is 5.01. The zero-order valence-corrected chi connectivity index (χ0v) is 14.7. The molecule has 0 radical (unpaired) electrons. The van der Waals surface area contributed by atoms with Crippen molar-refractivity contribution < 1.29 is 14.3 Å². The smallest absolute Gasteiger partial charge is 0.256 e. The fraction of sp³-hybridized carbons (Fsp3) is 0.333. The molecule has 1 aliphatic heterocycles. The van der Waals surface area contributed by atoms with Crippen LogP contribution in [0.4, 0.5) is 0 Å². The summed E-state index contributed by atoms with van der Waals surface area (Å²) < 4.78 is 5.09. The zero-order valence-electron chi connectivity index (χ0n) is 14.7. The maximum absolute atomic E-state index is 12.3. The number of carbonyl (C=O) groups excluding carboxylic acids is 2. The van der Waals surface area contributed by atoms with Gasteiger partial charge in [0.15, 0.2) is 0 Å². The first-order valence-electron chi connectivity index (χ1n) is 8.26. The molecule has 0 fully saturated rings. The second kappa shape index (κ2) is 7.38. The van der Waals surface area contributed by atoms with Crippen LogP contribution in [0, 0.1) is 6.92 Å². The number of aromatic amines is 1. The van der Waals surface area contributed by atoms with Crippen LogP contribution < -0.4 is 15.6 Å². The van der Waals surface area contributed by atoms with Crippen LogP contribution in [0.3, 0.4) is 0 Å². The number of carbonyl (C=O) groups is 2. The quantitative estimate of drug-likeness (QED) is 0.823. The number of aryl methyl sites for hydroxylation is 1. The van der Waals surface area contributed by atoms with Gasteiger partial charge in [0.05, 0.1) is 31.5 Å². The summed E-state index contributed by atoms with van der Waals surface area (Å²) in [4.78, 5) is 44.9. The van der Waals surface area contributed by atoms with Gasteiger partial charge in [-0.1, -0.05) is 6.07 Å². The lowest BCUT2D eigenvalue weighted by Gasteiger charge is -2.15. The fourth-order valence-corrected chi connectivity index (χ4v) is 2.87. The monoisotopic (exact) mass is 356 g/mol. The maximum atomic E-state index is 12.3. The molecule has 2 N–H and O–H groups in total. The molecule has 0 saturated carbocycles. The van der Waals surface area contributed by atoms with Gasteiger partial charge in [0, 0.05) is 18.5 Å². The minimum Gasteiger partial charge on any atom is -0.497 e. The zero-order chi connectivity index (χ0) is 18.7. The number of methoxy groups -OCH3 is 1. The van der Waals surface area contributed by atoms with Crippen LogP contribution in [-0.2, 0) is 17.9 Å². The number of hydrogen-bond donors (Lipinski definition) is 2. The Morgan fingerprint density at radius 3 is 2.92 bits per heavy atom. The second-order valence-corrected chi connectivity index (χ2v) is 6.06. The van der Waals surface area contributed by atoms with Gasteiger partial charge in [-0.05, 0) is 25.1 Å². The largest absolute Gasteiger partial charge is 0.497 e. The van der Waals surface area contributed by atoms with E-state index in [-0.39, 0.29) is 36.9 Å². The van der Waals surface area contributed by atoms with Crippen molar-refractivity contribution in [1.29, 1.82) is 0 Å². The molecule has 0 saturated heterocycles. The highest BCUT2D eigenvalue weighted by atomic mass is 16.5. The van der Waals surface area contributed by atoms with E-state index in [1.807, 2.05) is 0 Å². The fourth-order valence-electron chi connectivity index (χ4n) is 2.87. The second-order valence-electron chi connectivity index (χ2n) is 6.06. The highest BCUT2D eigenvalue weighted by molar-refractivity contribution is 5.94. The van der Waals surface area contributed by atoms with Gasteiger partial charge in [0.1, 0.15) is 11.6 Å². The lowest BCUT2D eigenvalue weighted by atomic mass is 10.2. The third-order valence-electron chi connectivity index (χ3n) is 4.22. The van der Waals surface area contributed by atoms with Crippen molar-refractivity contribution in [2.75, 3.05) is 13.7 Å². The van der Waals surface area contributed by atoms with Crippen LogP contribution in [0.15, 0.2) is 29.1 Å². The molecule has 3 rings (SSSR count). The molecule has 2 amide bonds. The lowest BCUT2D eigenvalue weighted by Crippen LogP contribution is -2.31. The molecule has 0 aliphatic carbocycles. The van der Waals surface area contributed by atoms with Crippen LogP contribution in [0.25, 0.3) is 0 Å². The Hall–Kier alpha value is -3.16.